The maximum Gasteiger partial charge on any atom is 0.175 e. The second kappa shape index (κ2) is 7.85. The normalized spacial score (nSPS) is 14.4. The molecule has 0 atom stereocenters. The molecule has 1 fully saturated rings. The number of ether oxygens (including phenoxy) is 1. The average molecular weight is 424 g/mol. The Hall–Kier alpha value is -2.13. The summed E-state index contributed by atoms with van der Waals surface area (Å²) in [6.07, 6.45) is 0. The van der Waals surface area contributed by atoms with Crippen LogP contribution in [0.25, 0.3) is 11.0 Å². The van der Waals surface area contributed by atoms with Crippen LogP contribution in [-0.2, 0) is 4.74 Å². The molecule has 1 aliphatic heterocycles. The summed E-state index contributed by atoms with van der Waals surface area (Å²) in [5, 5.41) is 15.6. The minimum Gasteiger partial charge on any atom is -0.378 e. The number of morpholine rings is 1. The third-order valence-electron chi connectivity index (χ3n) is 4.17. The van der Waals surface area contributed by atoms with Gasteiger partial charge < -0.3 is 20.3 Å². The standard InChI is InChI=1S/C17H15Cl2N5O2S/c18-11-2-1-10(9-12(11)19)20-17(27)21-13-3-4-14(16-15(13)22-26-23-16)24-5-7-25-8-6-24/h1-4,9H,5-8H2,(H2,20,21,27). The predicted octanol–water partition coefficient (Wildman–Crippen LogP) is 4.18. The van der Waals surface area contributed by atoms with Gasteiger partial charge in [-0.05, 0) is 52.9 Å². The Labute approximate surface area is 170 Å². The molecule has 0 amide bonds. The van der Waals surface area contributed by atoms with Gasteiger partial charge in [0.1, 0.15) is 0 Å². The fourth-order valence-corrected chi connectivity index (χ4v) is 3.40. The molecular formula is C17H15Cl2N5O2S. The molecule has 1 aliphatic rings. The van der Waals surface area contributed by atoms with Crippen LogP contribution in [0.1, 0.15) is 0 Å². The Bertz CT molecular complexity index is 991. The molecule has 10 heteroatoms. The number of benzene rings is 2. The molecule has 0 unspecified atom stereocenters. The molecule has 27 heavy (non-hydrogen) atoms. The third-order valence-corrected chi connectivity index (χ3v) is 5.11. The largest absolute Gasteiger partial charge is 0.378 e. The van der Waals surface area contributed by atoms with Gasteiger partial charge in [-0.1, -0.05) is 23.2 Å². The molecule has 2 heterocycles. The van der Waals surface area contributed by atoms with Crippen molar-refractivity contribution in [2.24, 2.45) is 0 Å². The maximum atomic E-state index is 6.03. The topological polar surface area (TPSA) is 75.5 Å². The number of hydrogen-bond acceptors (Lipinski definition) is 6. The predicted molar refractivity (Wildman–Crippen MR) is 111 cm³/mol. The van der Waals surface area contributed by atoms with Gasteiger partial charge in [0.15, 0.2) is 16.1 Å². The Morgan fingerprint density at radius 3 is 2.56 bits per heavy atom. The number of hydrogen-bond donors (Lipinski definition) is 2. The lowest BCUT2D eigenvalue weighted by Crippen LogP contribution is -2.36. The minimum absolute atomic E-state index is 0.386. The van der Waals surface area contributed by atoms with Crippen molar-refractivity contribution in [3.63, 3.8) is 0 Å². The van der Waals surface area contributed by atoms with Gasteiger partial charge in [-0.3, -0.25) is 0 Å². The molecule has 0 radical (unpaired) electrons. The number of nitrogens with one attached hydrogen (secondary N) is 2. The Balaban J connectivity index is 1.54. The molecule has 1 aromatic heterocycles. The van der Waals surface area contributed by atoms with Crippen molar-refractivity contribution in [3.05, 3.63) is 40.4 Å². The molecule has 0 bridgehead atoms. The van der Waals surface area contributed by atoms with E-state index in [9.17, 15) is 0 Å². The number of thiocarbonyl (C=S) groups is 1. The molecule has 0 aliphatic carbocycles. The zero-order valence-corrected chi connectivity index (χ0v) is 16.4. The monoisotopic (exact) mass is 423 g/mol. The van der Waals surface area contributed by atoms with Gasteiger partial charge in [0, 0.05) is 18.8 Å². The summed E-state index contributed by atoms with van der Waals surface area (Å²) < 4.78 is 10.4. The molecule has 2 N–H and O–H groups in total. The number of rotatable bonds is 3. The third kappa shape index (κ3) is 3.93. The number of aromatic nitrogens is 2. The van der Waals surface area contributed by atoms with Crippen LogP contribution in [0.5, 0.6) is 0 Å². The highest BCUT2D eigenvalue weighted by molar-refractivity contribution is 7.80. The first-order valence-electron chi connectivity index (χ1n) is 8.23. The fourth-order valence-electron chi connectivity index (χ4n) is 2.87. The molecule has 140 valence electrons. The van der Waals surface area contributed by atoms with Crippen molar-refractivity contribution in [1.82, 2.24) is 10.3 Å². The summed E-state index contributed by atoms with van der Waals surface area (Å²) in [5.41, 5.74) is 3.67. The van der Waals surface area contributed by atoms with E-state index in [1.165, 1.54) is 0 Å². The average Bonchev–Trinajstić information content (AvgIpc) is 3.16. The molecule has 1 saturated heterocycles. The van der Waals surface area contributed by atoms with Gasteiger partial charge in [0.2, 0.25) is 0 Å². The van der Waals surface area contributed by atoms with Crippen LogP contribution in [0, 0.1) is 0 Å². The highest BCUT2D eigenvalue weighted by Gasteiger charge is 2.19. The van der Waals surface area contributed by atoms with Crippen molar-refractivity contribution in [1.29, 1.82) is 0 Å². The van der Waals surface area contributed by atoms with Gasteiger partial charge in [-0.25, -0.2) is 4.63 Å². The number of anilines is 3. The van der Waals surface area contributed by atoms with Crippen LogP contribution >= 0.6 is 35.4 Å². The zero-order valence-electron chi connectivity index (χ0n) is 14.0. The first-order valence-corrected chi connectivity index (χ1v) is 9.39. The number of fused-ring (bicyclic) bond motifs is 1. The smallest absolute Gasteiger partial charge is 0.175 e. The van der Waals surface area contributed by atoms with E-state index in [0.717, 1.165) is 24.5 Å². The Kier molecular flexibility index (Phi) is 5.31. The summed E-state index contributed by atoms with van der Waals surface area (Å²) in [6, 6.07) is 9.07. The molecule has 3 aromatic rings. The van der Waals surface area contributed by atoms with E-state index in [1.54, 1.807) is 18.2 Å². The van der Waals surface area contributed by atoms with Crippen molar-refractivity contribution >= 4 is 68.6 Å². The molecule has 7 nitrogen and oxygen atoms in total. The van der Waals surface area contributed by atoms with Crippen LogP contribution < -0.4 is 15.5 Å². The summed E-state index contributed by atoms with van der Waals surface area (Å²) in [4.78, 5) is 2.20. The molecule has 4 rings (SSSR count). The summed E-state index contributed by atoms with van der Waals surface area (Å²) in [5.74, 6) is 0. The summed E-state index contributed by atoms with van der Waals surface area (Å²) in [7, 11) is 0. The molecule has 0 spiro atoms. The highest BCUT2D eigenvalue weighted by Crippen LogP contribution is 2.31. The number of nitrogens with zero attached hydrogens (tertiary/aromatic N) is 3. The Morgan fingerprint density at radius 1 is 1.00 bits per heavy atom. The van der Waals surface area contributed by atoms with E-state index in [0.29, 0.717) is 45.1 Å². The second-order valence-electron chi connectivity index (χ2n) is 5.90. The van der Waals surface area contributed by atoms with E-state index in [1.807, 2.05) is 12.1 Å². The second-order valence-corrected chi connectivity index (χ2v) is 7.12. The summed E-state index contributed by atoms with van der Waals surface area (Å²) in [6.45, 7) is 2.97. The van der Waals surface area contributed by atoms with Crippen molar-refractivity contribution in [2.75, 3.05) is 41.8 Å². The fraction of sp³-hybridized carbons (Fsp3) is 0.235. The lowest BCUT2D eigenvalue weighted by molar-refractivity contribution is 0.123. The van der Waals surface area contributed by atoms with Gasteiger partial charge in [-0.15, -0.1) is 0 Å². The summed E-state index contributed by atoms with van der Waals surface area (Å²) >= 11 is 17.4. The van der Waals surface area contributed by atoms with Crippen LogP contribution in [0.4, 0.5) is 17.1 Å². The first-order chi connectivity index (χ1) is 13.1. The lowest BCUT2D eigenvalue weighted by Gasteiger charge is -2.28. The molecular weight excluding hydrogens is 409 g/mol. The van der Waals surface area contributed by atoms with Crippen LogP contribution in [-0.4, -0.2) is 41.7 Å². The molecule has 2 aromatic carbocycles. The van der Waals surface area contributed by atoms with Gasteiger partial charge in [-0.2, -0.15) is 0 Å². The first kappa shape index (κ1) is 18.2. The van der Waals surface area contributed by atoms with Crippen molar-refractivity contribution in [2.45, 2.75) is 0 Å². The van der Waals surface area contributed by atoms with E-state index in [2.05, 4.69) is 25.8 Å². The quantitative estimate of drug-likeness (QED) is 0.607. The van der Waals surface area contributed by atoms with Crippen LogP contribution in [0.2, 0.25) is 10.0 Å². The number of halogens is 2. The van der Waals surface area contributed by atoms with Crippen molar-refractivity contribution < 1.29 is 9.37 Å². The lowest BCUT2D eigenvalue weighted by atomic mass is 10.2. The van der Waals surface area contributed by atoms with Crippen LogP contribution in [0.15, 0.2) is 35.0 Å². The van der Waals surface area contributed by atoms with Crippen LogP contribution in [0.3, 0.4) is 0 Å². The van der Waals surface area contributed by atoms with E-state index in [4.69, 9.17) is 44.8 Å². The van der Waals surface area contributed by atoms with E-state index >= 15 is 0 Å². The zero-order chi connectivity index (χ0) is 18.8. The van der Waals surface area contributed by atoms with Gasteiger partial charge >= 0.3 is 0 Å². The van der Waals surface area contributed by atoms with Crippen molar-refractivity contribution in [3.8, 4) is 0 Å². The maximum absolute atomic E-state index is 6.03. The van der Waals surface area contributed by atoms with E-state index < -0.39 is 0 Å². The minimum atomic E-state index is 0.386. The van der Waals surface area contributed by atoms with Gasteiger partial charge in [0.25, 0.3) is 0 Å². The van der Waals surface area contributed by atoms with Gasteiger partial charge in [0.05, 0.1) is 34.6 Å². The van der Waals surface area contributed by atoms with E-state index in [-0.39, 0.29) is 0 Å². The SMILES string of the molecule is S=C(Nc1ccc(Cl)c(Cl)c1)Nc1ccc(N2CCOCC2)c2nonc12. The highest BCUT2D eigenvalue weighted by atomic mass is 35.5. The Morgan fingerprint density at radius 2 is 1.78 bits per heavy atom. The molecule has 0 saturated carbocycles.